The SMILES string of the molecule is CN=C(NCC(C)(C)C(=O)NC)NC(C)CCCC(C)C. The second kappa shape index (κ2) is 9.64. The second-order valence-corrected chi connectivity index (χ2v) is 6.76. The number of amides is 1. The van der Waals surface area contributed by atoms with Gasteiger partial charge in [0.15, 0.2) is 5.96 Å². The van der Waals surface area contributed by atoms with Crippen LogP contribution in [0.3, 0.4) is 0 Å². The first-order valence-electron chi connectivity index (χ1n) is 7.92. The molecule has 21 heavy (non-hydrogen) atoms. The molecule has 0 fully saturated rings. The van der Waals surface area contributed by atoms with Gasteiger partial charge in [-0.25, -0.2) is 0 Å². The molecule has 5 heteroatoms. The summed E-state index contributed by atoms with van der Waals surface area (Å²) in [4.78, 5) is 16.0. The van der Waals surface area contributed by atoms with Gasteiger partial charge in [0.1, 0.15) is 0 Å². The summed E-state index contributed by atoms with van der Waals surface area (Å²) >= 11 is 0. The van der Waals surface area contributed by atoms with Crippen LogP contribution in [-0.2, 0) is 4.79 Å². The fraction of sp³-hybridized carbons (Fsp3) is 0.875. The second-order valence-electron chi connectivity index (χ2n) is 6.76. The molecule has 3 N–H and O–H groups in total. The predicted octanol–water partition coefficient (Wildman–Crippen LogP) is 2.14. The zero-order valence-electron chi connectivity index (χ0n) is 14.8. The van der Waals surface area contributed by atoms with E-state index in [1.807, 2.05) is 13.8 Å². The van der Waals surface area contributed by atoms with Crippen molar-refractivity contribution in [3.8, 4) is 0 Å². The van der Waals surface area contributed by atoms with Gasteiger partial charge in [-0.05, 0) is 33.1 Å². The van der Waals surface area contributed by atoms with E-state index in [0.29, 0.717) is 12.6 Å². The summed E-state index contributed by atoms with van der Waals surface area (Å²) in [6.45, 7) is 11.0. The average Bonchev–Trinajstić information content (AvgIpc) is 2.41. The highest BCUT2D eigenvalue weighted by atomic mass is 16.2. The van der Waals surface area contributed by atoms with Crippen molar-refractivity contribution in [2.24, 2.45) is 16.3 Å². The zero-order valence-corrected chi connectivity index (χ0v) is 14.8. The van der Waals surface area contributed by atoms with Crippen LogP contribution in [0.1, 0.15) is 53.9 Å². The van der Waals surface area contributed by atoms with Gasteiger partial charge < -0.3 is 16.0 Å². The quantitative estimate of drug-likeness (QED) is 0.475. The lowest BCUT2D eigenvalue weighted by Crippen LogP contribution is -2.49. The molecule has 0 aromatic carbocycles. The maximum absolute atomic E-state index is 11.8. The number of nitrogens with one attached hydrogen (secondary N) is 3. The third kappa shape index (κ3) is 8.58. The van der Waals surface area contributed by atoms with E-state index in [9.17, 15) is 4.79 Å². The van der Waals surface area contributed by atoms with Gasteiger partial charge in [0.25, 0.3) is 0 Å². The first-order chi connectivity index (χ1) is 9.72. The van der Waals surface area contributed by atoms with E-state index >= 15 is 0 Å². The minimum Gasteiger partial charge on any atom is -0.359 e. The standard InChI is InChI=1S/C16H34N4O/c1-12(2)9-8-10-13(3)20-15(18-7)19-11-16(4,5)14(21)17-6/h12-13H,8-11H2,1-7H3,(H,17,21)(H2,18,19,20). The van der Waals surface area contributed by atoms with Crippen LogP contribution in [0.15, 0.2) is 4.99 Å². The first-order valence-corrected chi connectivity index (χ1v) is 7.92. The lowest BCUT2D eigenvalue weighted by Gasteiger charge is -2.25. The molecule has 0 aromatic rings. The molecule has 0 aliphatic rings. The van der Waals surface area contributed by atoms with Crippen LogP contribution >= 0.6 is 0 Å². The maximum Gasteiger partial charge on any atom is 0.227 e. The number of rotatable bonds is 8. The summed E-state index contributed by atoms with van der Waals surface area (Å²) in [5, 5.41) is 9.30. The number of hydrogen-bond acceptors (Lipinski definition) is 2. The largest absolute Gasteiger partial charge is 0.359 e. The summed E-state index contributed by atoms with van der Waals surface area (Å²) in [7, 11) is 3.41. The van der Waals surface area contributed by atoms with Gasteiger partial charge >= 0.3 is 0 Å². The van der Waals surface area contributed by atoms with Gasteiger partial charge in [-0.15, -0.1) is 0 Å². The summed E-state index contributed by atoms with van der Waals surface area (Å²) in [5.41, 5.74) is -0.465. The van der Waals surface area contributed by atoms with E-state index in [1.165, 1.54) is 12.8 Å². The number of nitrogens with zero attached hydrogens (tertiary/aromatic N) is 1. The summed E-state index contributed by atoms with van der Waals surface area (Å²) < 4.78 is 0. The van der Waals surface area contributed by atoms with Crippen LogP contribution in [0.25, 0.3) is 0 Å². The molecular formula is C16H34N4O. The Labute approximate surface area is 130 Å². The van der Waals surface area contributed by atoms with Crippen molar-refractivity contribution >= 4 is 11.9 Å². The predicted molar refractivity (Wildman–Crippen MR) is 90.5 cm³/mol. The highest BCUT2D eigenvalue weighted by molar-refractivity contribution is 5.84. The van der Waals surface area contributed by atoms with Gasteiger partial charge in [-0.3, -0.25) is 9.79 Å². The average molecular weight is 298 g/mol. The molecule has 1 amide bonds. The topological polar surface area (TPSA) is 65.5 Å². The molecule has 0 radical (unpaired) electrons. The van der Waals surface area contributed by atoms with E-state index in [-0.39, 0.29) is 5.91 Å². The van der Waals surface area contributed by atoms with E-state index in [0.717, 1.165) is 18.3 Å². The fourth-order valence-electron chi connectivity index (χ4n) is 2.06. The van der Waals surface area contributed by atoms with E-state index in [1.54, 1.807) is 14.1 Å². The third-order valence-electron chi connectivity index (χ3n) is 3.56. The van der Waals surface area contributed by atoms with Crippen LogP contribution in [-0.4, -0.2) is 38.5 Å². The number of aliphatic imine (C=N–C) groups is 1. The number of carbonyl (C=O) groups excluding carboxylic acids is 1. The van der Waals surface area contributed by atoms with E-state index in [2.05, 4.69) is 41.7 Å². The highest BCUT2D eigenvalue weighted by Crippen LogP contribution is 2.13. The molecule has 0 saturated carbocycles. The normalized spacial score (nSPS) is 14.0. The van der Waals surface area contributed by atoms with Crippen molar-refractivity contribution in [1.82, 2.24) is 16.0 Å². The molecule has 0 aliphatic carbocycles. The molecule has 0 heterocycles. The molecule has 0 rings (SSSR count). The van der Waals surface area contributed by atoms with Crippen molar-refractivity contribution in [2.75, 3.05) is 20.6 Å². The van der Waals surface area contributed by atoms with Crippen LogP contribution in [0.5, 0.6) is 0 Å². The highest BCUT2D eigenvalue weighted by Gasteiger charge is 2.26. The smallest absolute Gasteiger partial charge is 0.227 e. The van der Waals surface area contributed by atoms with E-state index < -0.39 is 5.41 Å². The molecular weight excluding hydrogens is 264 g/mol. The van der Waals surface area contributed by atoms with Crippen LogP contribution in [0.2, 0.25) is 0 Å². The van der Waals surface area contributed by atoms with Gasteiger partial charge in [0.05, 0.1) is 5.41 Å². The maximum atomic E-state index is 11.8. The Morgan fingerprint density at radius 1 is 1.19 bits per heavy atom. The van der Waals surface area contributed by atoms with Crippen molar-refractivity contribution in [1.29, 1.82) is 0 Å². The Morgan fingerprint density at radius 2 is 1.81 bits per heavy atom. The first kappa shape index (κ1) is 19.7. The fourth-order valence-corrected chi connectivity index (χ4v) is 2.06. The lowest BCUT2D eigenvalue weighted by atomic mass is 9.92. The molecule has 0 aliphatic heterocycles. The third-order valence-corrected chi connectivity index (χ3v) is 3.56. The molecule has 0 bridgehead atoms. The molecule has 1 atom stereocenters. The number of guanidine groups is 1. The van der Waals surface area contributed by atoms with Crippen molar-refractivity contribution in [3.05, 3.63) is 0 Å². The molecule has 0 saturated heterocycles. The van der Waals surface area contributed by atoms with Crippen molar-refractivity contribution < 1.29 is 4.79 Å². The number of hydrogen-bond donors (Lipinski definition) is 3. The summed E-state index contributed by atoms with van der Waals surface area (Å²) in [6, 6.07) is 0.373. The Hall–Kier alpha value is -1.26. The minimum atomic E-state index is -0.465. The van der Waals surface area contributed by atoms with Gasteiger partial charge in [-0.1, -0.05) is 26.7 Å². The summed E-state index contributed by atoms with van der Waals surface area (Å²) in [5.74, 6) is 1.53. The molecule has 1 unspecified atom stereocenters. The molecule has 5 nitrogen and oxygen atoms in total. The van der Waals surface area contributed by atoms with Crippen molar-refractivity contribution in [2.45, 2.75) is 59.9 Å². The van der Waals surface area contributed by atoms with Gasteiger partial charge in [0, 0.05) is 26.7 Å². The van der Waals surface area contributed by atoms with E-state index in [4.69, 9.17) is 0 Å². The van der Waals surface area contributed by atoms with Crippen molar-refractivity contribution in [3.63, 3.8) is 0 Å². The van der Waals surface area contributed by atoms with Gasteiger partial charge in [0.2, 0.25) is 5.91 Å². The molecule has 0 spiro atoms. The Morgan fingerprint density at radius 3 is 2.29 bits per heavy atom. The lowest BCUT2D eigenvalue weighted by molar-refractivity contribution is -0.128. The zero-order chi connectivity index (χ0) is 16.5. The Balaban J connectivity index is 4.20. The molecule has 0 aromatic heterocycles. The number of carbonyl (C=O) groups is 1. The molecule has 124 valence electrons. The van der Waals surface area contributed by atoms with Gasteiger partial charge in [-0.2, -0.15) is 0 Å². The minimum absolute atomic E-state index is 0.0236. The Kier molecular flexibility index (Phi) is 9.06. The Bertz CT molecular complexity index is 337. The summed E-state index contributed by atoms with van der Waals surface area (Å²) in [6.07, 6.45) is 3.59. The monoisotopic (exact) mass is 298 g/mol. The van der Waals surface area contributed by atoms with Crippen LogP contribution < -0.4 is 16.0 Å². The van der Waals surface area contributed by atoms with Crippen LogP contribution in [0.4, 0.5) is 0 Å². The van der Waals surface area contributed by atoms with Crippen LogP contribution in [0, 0.1) is 11.3 Å².